The van der Waals surface area contributed by atoms with Crippen LogP contribution in [0.2, 0.25) is 0 Å². The van der Waals surface area contributed by atoms with Crippen LogP contribution in [-0.2, 0) is 17.4 Å². The zero-order valence-corrected chi connectivity index (χ0v) is 14.9. The number of aryl methyl sites for hydroxylation is 2. The molecule has 0 amide bonds. The van der Waals surface area contributed by atoms with Crippen LogP contribution in [0.1, 0.15) is 41.4 Å². The Labute approximate surface area is 147 Å². The van der Waals surface area contributed by atoms with Gasteiger partial charge in [0, 0.05) is 31.4 Å². The van der Waals surface area contributed by atoms with E-state index in [-0.39, 0.29) is 0 Å². The maximum absolute atomic E-state index is 12.0. The van der Waals surface area contributed by atoms with Gasteiger partial charge in [-0.25, -0.2) is 0 Å². The average molecular weight is 343 g/mol. The predicted molar refractivity (Wildman–Crippen MR) is 94.2 cm³/mol. The number of hydrogen-bond donors (Lipinski definition) is 2. The third-order valence-corrected chi connectivity index (χ3v) is 5.37. The maximum Gasteiger partial charge on any atom is 0.325 e. The fraction of sp³-hybridized carbons (Fsp3) is 0.474. The molecular weight excluding hydrogens is 318 g/mol. The monoisotopic (exact) mass is 343 g/mol. The summed E-state index contributed by atoms with van der Waals surface area (Å²) in [5.41, 5.74) is 2.39. The van der Waals surface area contributed by atoms with Gasteiger partial charge in [-0.2, -0.15) is 5.10 Å². The van der Waals surface area contributed by atoms with Crippen molar-refractivity contribution in [2.24, 2.45) is 7.05 Å². The smallest absolute Gasteiger partial charge is 0.325 e. The molecule has 134 valence electrons. The van der Waals surface area contributed by atoms with Gasteiger partial charge in [-0.1, -0.05) is 30.3 Å². The first kappa shape index (κ1) is 17.6. The van der Waals surface area contributed by atoms with Crippen LogP contribution < -0.4 is 0 Å². The first-order valence-electron chi connectivity index (χ1n) is 8.58. The second-order valence-corrected chi connectivity index (χ2v) is 6.88. The number of carboxylic acids is 1. The molecule has 6 nitrogen and oxygen atoms in total. The molecule has 1 fully saturated rings. The number of carbonyl (C=O) groups is 1. The number of nitrogens with zero attached hydrogens (tertiary/aromatic N) is 3. The number of piperidine rings is 1. The van der Waals surface area contributed by atoms with E-state index in [1.807, 2.05) is 56.1 Å². The van der Waals surface area contributed by atoms with Crippen molar-refractivity contribution in [1.82, 2.24) is 14.7 Å². The second kappa shape index (κ2) is 6.61. The molecule has 0 spiro atoms. The highest BCUT2D eigenvalue weighted by molar-refractivity contribution is 5.76. The van der Waals surface area contributed by atoms with Crippen molar-refractivity contribution in [3.8, 4) is 0 Å². The third-order valence-electron chi connectivity index (χ3n) is 5.37. The van der Waals surface area contributed by atoms with Crippen molar-refractivity contribution in [1.29, 1.82) is 0 Å². The van der Waals surface area contributed by atoms with E-state index >= 15 is 0 Å². The number of carboxylic acid groups (broad SMARTS) is 1. The number of aromatic nitrogens is 2. The van der Waals surface area contributed by atoms with Crippen LogP contribution in [-0.4, -0.2) is 44.0 Å². The highest BCUT2D eigenvalue weighted by Crippen LogP contribution is 2.37. The summed E-state index contributed by atoms with van der Waals surface area (Å²) in [4.78, 5) is 13.9. The second-order valence-electron chi connectivity index (χ2n) is 6.88. The fourth-order valence-electron chi connectivity index (χ4n) is 3.84. The van der Waals surface area contributed by atoms with Crippen molar-refractivity contribution in [3.63, 3.8) is 0 Å². The van der Waals surface area contributed by atoms with Gasteiger partial charge >= 0.3 is 5.97 Å². The topological polar surface area (TPSA) is 78.6 Å². The van der Waals surface area contributed by atoms with Gasteiger partial charge in [0.1, 0.15) is 6.04 Å². The molecule has 2 heterocycles. The van der Waals surface area contributed by atoms with Gasteiger partial charge in [-0.15, -0.1) is 0 Å². The van der Waals surface area contributed by atoms with Crippen LogP contribution in [0.25, 0.3) is 0 Å². The zero-order valence-electron chi connectivity index (χ0n) is 14.9. The molecule has 1 atom stereocenters. The summed E-state index contributed by atoms with van der Waals surface area (Å²) in [6.45, 7) is 4.80. The number of rotatable bonds is 4. The normalized spacial score (nSPS) is 18.9. The summed E-state index contributed by atoms with van der Waals surface area (Å²) < 4.78 is 1.73. The molecule has 6 heteroatoms. The van der Waals surface area contributed by atoms with E-state index in [1.165, 1.54) is 0 Å². The average Bonchev–Trinajstić information content (AvgIpc) is 2.84. The Balaban J connectivity index is 1.83. The number of benzene rings is 1. The first-order chi connectivity index (χ1) is 11.8. The quantitative estimate of drug-likeness (QED) is 0.889. The first-order valence-corrected chi connectivity index (χ1v) is 8.58. The summed E-state index contributed by atoms with van der Waals surface area (Å²) in [5.74, 6) is -0.871. The van der Waals surface area contributed by atoms with Crippen molar-refractivity contribution in [2.45, 2.75) is 38.3 Å². The molecule has 1 aromatic heterocycles. The van der Waals surface area contributed by atoms with Crippen molar-refractivity contribution in [2.75, 3.05) is 13.1 Å². The van der Waals surface area contributed by atoms with Gasteiger partial charge in [0.15, 0.2) is 0 Å². The van der Waals surface area contributed by atoms with Crippen LogP contribution in [0.15, 0.2) is 30.3 Å². The van der Waals surface area contributed by atoms with E-state index in [2.05, 4.69) is 5.10 Å². The van der Waals surface area contributed by atoms with Crippen LogP contribution in [0, 0.1) is 13.8 Å². The van der Waals surface area contributed by atoms with E-state index in [4.69, 9.17) is 0 Å². The minimum absolute atomic E-state index is 0.513. The molecule has 1 saturated heterocycles. The minimum Gasteiger partial charge on any atom is -0.480 e. The van der Waals surface area contributed by atoms with Crippen LogP contribution >= 0.6 is 0 Å². The van der Waals surface area contributed by atoms with Crippen molar-refractivity contribution < 1.29 is 15.0 Å². The van der Waals surface area contributed by atoms with Gasteiger partial charge in [0.2, 0.25) is 0 Å². The Kier molecular flexibility index (Phi) is 4.67. The molecule has 1 aliphatic rings. The van der Waals surface area contributed by atoms with E-state index in [0.29, 0.717) is 25.9 Å². The van der Waals surface area contributed by atoms with Crippen LogP contribution in [0.3, 0.4) is 0 Å². The lowest BCUT2D eigenvalue weighted by Gasteiger charge is -2.40. The standard InChI is InChI=1S/C19H25N3O3/c1-13-16(14(2)21(3)20-13)17(18(23)24)22-11-9-19(25,10-12-22)15-7-5-4-6-8-15/h4-8,17,25H,9-12H2,1-3H3,(H,23,24). The molecule has 2 N–H and O–H groups in total. The molecule has 0 saturated carbocycles. The Bertz CT molecular complexity index is 762. The largest absolute Gasteiger partial charge is 0.480 e. The third kappa shape index (κ3) is 3.19. The Hall–Kier alpha value is -2.18. The van der Waals surface area contributed by atoms with Crippen molar-refractivity contribution >= 4 is 5.97 Å². The maximum atomic E-state index is 12.0. The number of aliphatic carboxylic acids is 1. The van der Waals surface area contributed by atoms with Gasteiger partial charge in [-0.3, -0.25) is 14.4 Å². The Morgan fingerprint density at radius 3 is 2.28 bits per heavy atom. The lowest BCUT2D eigenvalue weighted by atomic mass is 9.83. The minimum atomic E-state index is -0.889. The van der Waals surface area contributed by atoms with E-state index in [1.54, 1.807) is 4.68 Å². The molecular formula is C19H25N3O3. The zero-order chi connectivity index (χ0) is 18.2. The number of likely N-dealkylation sites (tertiary alicyclic amines) is 1. The summed E-state index contributed by atoms with van der Waals surface area (Å²) in [6.07, 6.45) is 1.03. The summed E-state index contributed by atoms with van der Waals surface area (Å²) in [7, 11) is 1.83. The highest BCUT2D eigenvalue weighted by atomic mass is 16.4. The van der Waals surface area contributed by atoms with Gasteiger partial charge in [-0.05, 0) is 32.3 Å². The van der Waals surface area contributed by atoms with Crippen molar-refractivity contribution in [3.05, 3.63) is 52.8 Å². The van der Waals surface area contributed by atoms with Gasteiger partial charge in [0.25, 0.3) is 0 Å². The number of hydrogen-bond acceptors (Lipinski definition) is 4. The lowest BCUT2D eigenvalue weighted by molar-refractivity contribution is -0.146. The molecule has 1 aliphatic heterocycles. The lowest BCUT2D eigenvalue weighted by Crippen LogP contribution is -2.46. The van der Waals surface area contributed by atoms with E-state index < -0.39 is 17.6 Å². The Morgan fingerprint density at radius 1 is 1.20 bits per heavy atom. The summed E-state index contributed by atoms with van der Waals surface area (Å²) in [5, 5.41) is 25.2. The molecule has 2 aromatic rings. The molecule has 1 unspecified atom stereocenters. The molecule has 0 radical (unpaired) electrons. The van der Waals surface area contributed by atoms with E-state index in [9.17, 15) is 15.0 Å². The number of aliphatic hydroxyl groups is 1. The molecule has 0 aliphatic carbocycles. The fourth-order valence-corrected chi connectivity index (χ4v) is 3.84. The van der Waals surface area contributed by atoms with Crippen LogP contribution in [0.4, 0.5) is 0 Å². The van der Waals surface area contributed by atoms with E-state index in [0.717, 1.165) is 22.5 Å². The molecule has 3 rings (SSSR count). The summed E-state index contributed by atoms with van der Waals surface area (Å²) >= 11 is 0. The SMILES string of the molecule is Cc1nn(C)c(C)c1C(C(=O)O)N1CCC(O)(c2ccccc2)CC1. The summed E-state index contributed by atoms with van der Waals surface area (Å²) in [6, 6.07) is 8.90. The Morgan fingerprint density at radius 2 is 1.80 bits per heavy atom. The molecule has 25 heavy (non-hydrogen) atoms. The van der Waals surface area contributed by atoms with Gasteiger partial charge < -0.3 is 10.2 Å². The predicted octanol–water partition coefficient (Wildman–Crippen LogP) is 2.15. The van der Waals surface area contributed by atoms with Gasteiger partial charge in [0.05, 0.1) is 11.3 Å². The van der Waals surface area contributed by atoms with Crippen LogP contribution in [0.5, 0.6) is 0 Å². The molecule has 0 bridgehead atoms. The highest BCUT2D eigenvalue weighted by Gasteiger charge is 2.39. The molecule has 1 aromatic carbocycles.